The largest absolute Gasteiger partial charge is 0.426 e. The van der Waals surface area contributed by atoms with Gasteiger partial charge in [0.25, 0.3) is 0 Å². The molecule has 3 heteroatoms. The summed E-state index contributed by atoms with van der Waals surface area (Å²) in [7, 11) is 0. The molecule has 4 aromatic carbocycles. The molecular formula is C32H33FO2. The van der Waals surface area contributed by atoms with E-state index in [1.54, 1.807) is 0 Å². The van der Waals surface area contributed by atoms with E-state index in [1.165, 1.54) is 25.7 Å². The molecule has 1 saturated carbocycles. The summed E-state index contributed by atoms with van der Waals surface area (Å²) < 4.78 is 29.4. The topological polar surface area (TPSA) is 18.5 Å². The first-order chi connectivity index (χ1) is 17.2. The Labute approximate surface area is 207 Å². The van der Waals surface area contributed by atoms with Gasteiger partial charge in [0, 0.05) is 11.1 Å². The van der Waals surface area contributed by atoms with Gasteiger partial charge in [-0.1, -0.05) is 93.3 Å². The summed E-state index contributed by atoms with van der Waals surface area (Å²) in [4.78, 5) is 0. The Balaban J connectivity index is 1.43. The maximum atomic E-state index is 16.9. The number of benzene rings is 4. The van der Waals surface area contributed by atoms with Crippen molar-refractivity contribution in [1.82, 2.24) is 0 Å². The van der Waals surface area contributed by atoms with E-state index in [1.807, 2.05) is 48.5 Å². The van der Waals surface area contributed by atoms with Gasteiger partial charge >= 0.3 is 6.04 Å². The lowest BCUT2D eigenvalue weighted by molar-refractivity contribution is -0.257. The number of rotatable bonds is 5. The van der Waals surface area contributed by atoms with E-state index in [4.69, 9.17) is 9.47 Å². The van der Waals surface area contributed by atoms with Crippen molar-refractivity contribution in [3.8, 4) is 22.6 Å². The number of unbranched alkanes of at least 4 members (excludes halogenated alkanes) is 2. The number of halogens is 1. The first-order valence-electron chi connectivity index (χ1n) is 13.3. The third-order valence-corrected chi connectivity index (χ3v) is 8.08. The zero-order valence-electron chi connectivity index (χ0n) is 20.4. The summed E-state index contributed by atoms with van der Waals surface area (Å²) in [5.74, 6) is 1.53. The van der Waals surface area contributed by atoms with E-state index in [2.05, 4.69) is 31.2 Å². The van der Waals surface area contributed by atoms with Gasteiger partial charge in [-0.2, -0.15) is 4.39 Å². The molecule has 0 atom stereocenters. The highest BCUT2D eigenvalue weighted by Gasteiger charge is 2.48. The Hall–Kier alpha value is -3.07. The second-order valence-corrected chi connectivity index (χ2v) is 10.3. The molecule has 0 spiro atoms. The fraction of sp³-hybridized carbons (Fsp3) is 0.375. The predicted octanol–water partition coefficient (Wildman–Crippen LogP) is 9.44. The Kier molecular flexibility index (Phi) is 5.88. The van der Waals surface area contributed by atoms with Gasteiger partial charge in [-0.05, 0) is 65.3 Å². The van der Waals surface area contributed by atoms with Crippen LogP contribution in [0.5, 0.6) is 11.5 Å². The Morgan fingerprint density at radius 3 is 1.80 bits per heavy atom. The van der Waals surface area contributed by atoms with E-state index in [0.717, 1.165) is 58.4 Å². The average molecular weight is 469 g/mol. The van der Waals surface area contributed by atoms with Crippen LogP contribution in [0.15, 0.2) is 72.8 Å². The standard InChI is InChI=1S/C32H33FO2/c1-2-3-4-9-22-14-18-25(19-15-22)32(33)34-28-20-16-23-10-5-7-12-26(23)30(28)31-27-13-8-6-11-24(27)17-21-29(31)35-32/h5-8,10-13,16-17,20-22,25H,2-4,9,14-15,18-19H2,1H3. The molecular weight excluding hydrogens is 435 g/mol. The van der Waals surface area contributed by atoms with Crippen molar-refractivity contribution in [3.63, 3.8) is 0 Å². The van der Waals surface area contributed by atoms with Gasteiger partial charge in [-0.15, -0.1) is 0 Å². The van der Waals surface area contributed by atoms with Gasteiger partial charge in [-0.25, -0.2) is 0 Å². The molecule has 1 heterocycles. The fourth-order valence-electron chi connectivity index (χ4n) is 6.16. The third kappa shape index (κ3) is 4.05. The van der Waals surface area contributed by atoms with E-state index in [-0.39, 0.29) is 5.92 Å². The van der Waals surface area contributed by atoms with Crippen molar-refractivity contribution in [1.29, 1.82) is 0 Å². The van der Waals surface area contributed by atoms with Crippen molar-refractivity contribution in [2.45, 2.75) is 64.3 Å². The highest BCUT2D eigenvalue weighted by molar-refractivity contribution is 6.09. The molecule has 0 saturated heterocycles. The second kappa shape index (κ2) is 9.18. The van der Waals surface area contributed by atoms with Gasteiger partial charge < -0.3 is 9.47 Å². The summed E-state index contributed by atoms with van der Waals surface area (Å²) in [6, 6.07) is 22.2. The van der Waals surface area contributed by atoms with E-state index in [0.29, 0.717) is 17.4 Å². The van der Waals surface area contributed by atoms with Crippen LogP contribution in [-0.4, -0.2) is 6.04 Å². The number of fused-ring (bicyclic) bond motifs is 7. The molecule has 1 fully saturated rings. The molecule has 4 aromatic rings. The lowest BCUT2D eigenvalue weighted by Gasteiger charge is -2.37. The van der Waals surface area contributed by atoms with Crippen LogP contribution in [0.25, 0.3) is 32.7 Å². The molecule has 6 rings (SSSR count). The summed E-state index contributed by atoms with van der Waals surface area (Å²) in [5.41, 5.74) is 1.84. The Morgan fingerprint density at radius 2 is 1.26 bits per heavy atom. The molecule has 0 bridgehead atoms. The highest BCUT2D eigenvalue weighted by Crippen LogP contribution is 2.52. The second-order valence-electron chi connectivity index (χ2n) is 10.3. The first kappa shape index (κ1) is 22.4. The van der Waals surface area contributed by atoms with Crippen molar-refractivity contribution in [2.75, 3.05) is 0 Å². The smallest absolute Gasteiger partial charge is 0.410 e. The third-order valence-electron chi connectivity index (χ3n) is 8.08. The van der Waals surface area contributed by atoms with Crippen LogP contribution in [0, 0.1) is 11.8 Å². The lowest BCUT2D eigenvalue weighted by Crippen LogP contribution is -2.46. The highest BCUT2D eigenvalue weighted by atomic mass is 19.2. The SMILES string of the molecule is CCCCCC1CCC(C2(F)Oc3ccc4ccccc4c3-c3c(ccc4ccccc34)O2)CC1. The summed E-state index contributed by atoms with van der Waals surface area (Å²) in [5, 5.41) is 4.31. The molecule has 0 unspecified atom stereocenters. The molecule has 0 amide bonds. The Bertz CT molecular complexity index is 1270. The number of hydrogen-bond acceptors (Lipinski definition) is 2. The molecule has 2 aliphatic rings. The van der Waals surface area contributed by atoms with Gasteiger partial charge in [-0.3, -0.25) is 0 Å². The molecule has 0 radical (unpaired) electrons. The summed E-state index contributed by atoms with van der Waals surface area (Å²) >= 11 is 0. The van der Waals surface area contributed by atoms with Crippen LogP contribution in [0.1, 0.15) is 58.3 Å². The monoisotopic (exact) mass is 468 g/mol. The van der Waals surface area contributed by atoms with Crippen molar-refractivity contribution >= 4 is 21.5 Å². The van der Waals surface area contributed by atoms with E-state index in [9.17, 15) is 0 Å². The molecule has 1 aliphatic heterocycles. The molecule has 0 aromatic heterocycles. The number of ether oxygens (including phenoxy) is 2. The molecule has 180 valence electrons. The summed E-state index contributed by atoms with van der Waals surface area (Å²) in [6.07, 6.45) is 8.73. The van der Waals surface area contributed by atoms with Crippen molar-refractivity contribution in [3.05, 3.63) is 72.8 Å². The van der Waals surface area contributed by atoms with Crippen LogP contribution in [0.3, 0.4) is 0 Å². The Morgan fingerprint density at radius 1 is 0.714 bits per heavy atom. The van der Waals surface area contributed by atoms with Crippen LogP contribution in [-0.2, 0) is 0 Å². The fourth-order valence-corrected chi connectivity index (χ4v) is 6.16. The van der Waals surface area contributed by atoms with Gasteiger partial charge in [0.05, 0.1) is 5.92 Å². The maximum Gasteiger partial charge on any atom is 0.410 e. The van der Waals surface area contributed by atoms with Crippen LogP contribution < -0.4 is 9.47 Å². The van der Waals surface area contributed by atoms with Crippen molar-refractivity contribution < 1.29 is 13.9 Å². The maximum absolute atomic E-state index is 16.9. The minimum atomic E-state index is -2.18. The van der Waals surface area contributed by atoms with E-state index < -0.39 is 6.04 Å². The quantitative estimate of drug-likeness (QED) is 0.272. The minimum Gasteiger partial charge on any atom is -0.426 e. The molecule has 1 aliphatic carbocycles. The minimum absolute atomic E-state index is 0.290. The molecule has 0 N–H and O–H groups in total. The van der Waals surface area contributed by atoms with Crippen LogP contribution in [0.2, 0.25) is 0 Å². The van der Waals surface area contributed by atoms with Crippen LogP contribution >= 0.6 is 0 Å². The van der Waals surface area contributed by atoms with Crippen LogP contribution in [0.4, 0.5) is 4.39 Å². The van der Waals surface area contributed by atoms with E-state index >= 15 is 4.39 Å². The number of hydrogen-bond donors (Lipinski definition) is 0. The molecule has 2 nitrogen and oxygen atoms in total. The van der Waals surface area contributed by atoms with Gasteiger partial charge in [0.1, 0.15) is 11.5 Å². The zero-order valence-corrected chi connectivity index (χ0v) is 20.4. The lowest BCUT2D eigenvalue weighted by atomic mass is 9.79. The number of alkyl halides is 1. The summed E-state index contributed by atoms with van der Waals surface area (Å²) in [6.45, 7) is 2.24. The van der Waals surface area contributed by atoms with Gasteiger partial charge in [0.15, 0.2) is 0 Å². The zero-order chi connectivity index (χ0) is 23.8. The first-order valence-corrected chi connectivity index (χ1v) is 13.3. The van der Waals surface area contributed by atoms with Gasteiger partial charge in [0.2, 0.25) is 0 Å². The average Bonchev–Trinajstić information content (AvgIpc) is 3.03. The normalized spacial score (nSPS) is 21.0. The van der Waals surface area contributed by atoms with Crippen molar-refractivity contribution in [2.24, 2.45) is 11.8 Å². The molecule has 35 heavy (non-hydrogen) atoms. The predicted molar refractivity (Wildman–Crippen MR) is 142 cm³/mol.